The van der Waals surface area contributed by atoms with E-state index in [4.69, 9.17) is 15.4 Å². The second kappa shape index (κ2) is 4.20. The quantitative estimate of drug-likeness (QED) is 0.605. The monoisotopic (exact) mass is 248 g/mol. The summed E-state index contributed by atoms with van der Waals surface area (Å²) in [5.41, 5.74) is 0.244. The molecule has 0 fully saturated rings. The molecule has 82 valence electrons. The van der Waals surface area contributed by atoms with Crippen molar-refractivity contribution in [2.24, 2.45) is 0 Å². The molecule has 0 saturated heterocycles. The highest BCUT2D eigenvalue weighted by Gasteiger charge is 2.14. The normalized spacial score (nSPS) is 11.1. The smallest absolute Gasteiger partial charge is 0.261 e. The van der Waals surface area contributed by atoms with Gasteiger partial charge in [-0.15, -0.1) is 0 Å². The Morgan fingerprint density at radius 2 is 1.93 bits per heavy atom. The van der Waals surface area contributed by atoms with Crippen LogP contribution in [-0.2, 0) is 9.05 Å². The van der Waals surface area contributed by atoms with Crippen LogP contribution in [0.2, 0.25) is 0 Å². The largest absolute Gasteiger partial charge is 0.497 e. The fourth-order valence-electron chi connectivity index (χ4n) is 1.03. The van der Waals surface area contributed by atoms with Crippen LogP contribution in [0.15, 0.2) is 23.1 Å². The molecule has 0 N–H and O–H groups in total. The van der Waals surface area contributed by atoms with Crippen molar-refractivity contribution < 1.29 is 17.9 Å². The maximum Gasteiger partial charge on any atom is 0.261 e. The number of halogens is 1. The zero-order valence-electron chi connectivity index (χ0n) is 8.15. The van der Waals surface area contributed by atoms with Gasteiger partial charge in [0.15, 0.2) is 5.78 Å². The summed E-state index contributed by atoms with van der Waals surface area (Å²) in [6.45, 7) is 1.33. The van der Waals surface area contributed by atoms with Crippen molar-refractivity contribution >= 4 is 25.5 Å². The Hall–Kier alpha value is -1.07. The Morgan fingerprint density at radius 3 is 2.33 bits per heavy atom. The molecular weight excluding hydrogens is 240 g/mol. The van der Waals surface area contributed by atoms with Gasteiger partial charge >= 0.3 is 0 Å². The Bertz CT molecular complexity index is 493. The van der Waals surface area contributed by atoms with Gasteiger partial charge in [0.2, 0.25) is 0 Å². The second-order valence-electron chi connectivity index (χ2n) is 2.89. The molecule has 0 aliphatic rings. The van der Waals surface area contributed by atoms with E-state index >= 15 is 0 Å². The molecule has 0 heterocycles. The lowest BCUT2D eigenvalue weighted by molar-refractivity contribution is 0.101. The van der Waals surface area contributed by atoms with Crippen molar-refractivity contribution in [3.05, 3.63) is 23.8 Å². The number of ether oxygens (including phenoxy) is 1. The molecule has 6 heteroatoms. The first-order chi connectivity index (χ1) is 6.84. The number of ketones is 1. The van der Waals surface area contributed by atoms with E-state index in [-0.39, 0.29) is 22.0 Å². The SMILES string of the molecule is COc1cc(C(C)=O)cc(S(=O)(=O)Cl)c1. The highest BCUT2D eigenvalue weighted by Crippen LogP contribution is 2.23. The molecule has 1 aromatic rings. The second-order valence-corrected chi connectivity index (χ2v) is 5.46. The molecule has 4 nitrogen and oxygen atoms in total. The van der Waals surface area contributed by atoms with Gasteiger partial charge in [0.25, 0.3) is 9.05 Å². The third-order valence-electron chi connectivity index (χ3n) is 1.80. The van der Waals surface area contributed by atoms with Crippen molar-refractivity contribution in [3.63, 3.8) is 0 Å². The van der Waals surface area contributed by atoms with Gasteiger partial charge in [-0.1, -0.05) is 0 Å². The Morgan fingerprint density at radius 1 is 1.33 bits per heavy atom. The van der Waals surface area contributed by atoms with Gasteiger partial charge in [0.1, 0.15) is 5.75 Å². The average molecular weight is 249 g/mol. The number of benzene rings is 1. The molecule has 1 aromatic carbocycles. The molecule has 0 radical (unpaired) electrons. The minimum Gasteiger partial charge on any atom is -0.497 e. The fraction of sp³-hybridized carbons (Fsp3) is 0.222. The molecule has 0 bridgehead atoms. The first kappa shape index (κ1) is 12.0. The predicted octanol–water partition coefficient (Wildman–Crippen LogP) is 1.83. The van der Waals surface area contributed by atoms with Gasteiger partial charge in [0.05, 0.1) is 12.0 Å². The molecule has 0 aromatic heterocycles. The van der Waals surface area contributed by atoms with E-state index in [0.717, 1.165) is 0 Å². The third-order valence-corrected chi connectivity index (χ3v) is 3.14. The van der Waals surface area contributed by atoms with Crippen LogP contribution in [-0.4, -0.2) is 21.3 Å². The number of carbonyl (C=O) groups excluding carboxylic acids is 1. The number of Topliss-reactive ketones (excluding diaryl/α,β-unsaturated/α-hetero) is 1. The summed E-state index contributed by atoms with van der Waals surface area (Å²) in [5.74, 6) is 0.0254. The topological polar surface area (TPSA) is 60.4 Å². The third kappa shape index (κ3) is 2.94. The van der Waals surface area contributed by atoms with Gasteiger partial charge in [-0.3, -0.25) is 4.79 Å². The van der Waals surface area contributed by atoms with Crippen LogP contribution in [0.4, 0.5) is 0 Å². The highest BCUT2D eigenvalue weighted by molar-refractivity contribution is 8.13. The maximum atomic E-state index is 11.1. The molecule has 0 aliphatic heterocycles. The molecule has 0 amide bonds. The molecule has 0 atom stereocenters. The first-order valence-electron chi connectivity index (χ1n) is 3.99. The van der Waals surface area contributed by atoms with Crippen LogP contribution in [0.25, 0.3) is 0 Å². The lowest BCUT2D eigenvalue weighted by Crippen LogP contribution is -1.98. The van der Waals surface area contributed by atoms with Crippen LogP contribution in [0.3, 0.4) is 0 Å². The molecule has 0 unspecified atom stereocenters. The number of hydrogen-bond donors (Lipinski definition) is 0. The summed E-state index contributed by atoms with van der Waals surface area (Å²) in [7, 11) is 2.70. The van der Waals surface area contributed by atoms with Crippen molar-refractivity contribution in [3.8, 4) is 5.75 Å². The van der Waals surface area contributed by atoms with E-state index in [2.05, 4.69) is 0 Å². The van der Waals surface area contributed by atoms with Crippen molar-refractivity contribution in [2.45, 2.75) is 11.8 Å². The van der Waals surface area contributed by atoms with Crippen LogP contribution in [0, 0.1) is 0 Å². The van der Waals surface area contributed by atoms with Crippen molar-refractivity contribution in [1.29, 1.82) is 0 Å². The fourth-order valence-corrected chi connectivity index (χ4v) is 1.83. The Balaban J connectivity index is 3.43. The van der Waals surface area contributed by atoms with Gasteiger partial charge < -0.3 is 4.74 Å². The van der Waals surface area contributed by atoms with Crippen LogP contribution in [0.1, 0.15) is 17.3 Å². The summed E-state index contributed by atoms with van der Waals surface area (Å²) >= 11 is 0. The summed E-state index contributed by atoms with van der Waals surface area (Å²) in [4.78, 5) is 11.0. The number of hydrogen-bond acceptors (Lipinski definition) is 4. The van der Waals surface area contributed by atoms with E-state index in [9.17, 15) is 13.2 Å². The number of carbonyl (C=O) groups is 1. The Kier molecular flexibility index (Phi) is 3.36. The summed E-state index contributed by atoms with van der Waals surface area (Å²) < 4.78 is 27.0. The van der Waals surface area contributed by atoms with Crippen molar-refractivity contribution in [1.82, 2.24) is 0 Å². The molecule has 0 spiro atoms. The Labute approximate surface area is 92.2 Å². The molecule has 15 heavy (non-hydrogen) atoms. The number of rotatable bonds is 3. The molecule has 0 saturated carbocycles. The van der Waals surface area contributed by atoms with E-state index < -0.39 is 9.05 Å². The maximum absolute atomic E-state index is 11.1. The summed E-state index contributed by atoms with van der Waals surface area (Å²) in [6, 6.07) is 3.93. The molecule has 0 aliphatic carbocycles. The minimum atomic E-state index is -3.85. The van der Waals surface area contributed by atoms with Gasteiger partial charge in [-0.2, -0.15) is 0 Å². The highest BCUT2D eigenvalue weighted by atomic mass is 35.7. The van der Waals surface area contributed by atoms with Crippen LogP contribution < -0.4 is 4.74 Å². The standard InChI is InChI=1S/C9H9ClO4S/c1-6(11)7-3-8(14-2)5-9(4-7)15(10,12)13/h3-5H,1-2H3. The minimum absolute atomic E-state index is 0.145. The first-order valence-corrected chi connectivity index (χ1v) is 6.30. The van der Waals surface area contributed by atoms with Gasteiger partial charge in [-0.05, 0) is 19.1 Å². The van der Waals surface area contributed by atoms with E-state index in [1.165, 1.54) is 32.2 Å². The lowest BCUT2D eigenvalue weighted by Gasteiger charge is -2.04. The lowest BCUT2D eigenvalue weighted by atomic mass is 10.1. The zero-order chi connectivity index (χ0) is 11.6. The molecular formula is C9H9ClO4S. The molecule has 1 rings (SSSR count). The number of methoxy groups -OCH3 is 1. The van der Waals surface area contributed by atoms with Crippen LogP contribution >= 0.6 is 10.7 Å². The predicted molar refractivity (Wildman–Crippen MR) is 56.0 cm³/mol. The van der Waals surface area contributed by atoms with Gasteiger partial charge in [-0.25, -0.2) is 8.42 Å². The van der Waals surface area contributed by atoms with Crippen molar-refractivity contribution in [2.75, 3.05) is 7.11 Å². The van der Waals surface area contributed by atoms with E-state index in [1.54, 1.807) is 0 Å². The average Bonchev–Trinajstić information content (AvgIpc) is 2.15. The summed E-state index contributed by atoms with van der Waals surface area (Å²) in [5, 5.41) is 0. The van der Waals surface area contributed by atoms with Crippen LogP contribution in [0.5, 0.6) is 5.75 Å². The summed E-state index contributed by atoms with van der Waals surface area (Å²) in [6.07, 6.45) is 0. The van der Waals surface area contributed by atoms with E-state index in [0.29, 0.717) is 0 Å². The zero-order valence-corrected chi connectivity index (χ0v) is 9.72. The van der Waals surface area contributed by atoms with Gasteiger partial charge in [0, 0.05) is 22.3 Å². The van der Waals surface area contributed by atoms with E-state index in [1.807, 2.05) is 0 Å².